The molecule has 0 radical (unpaired) electrons. The largest absolute Gasteiger partial charge is 0.465 e. The molecule has 1 amide bonds. The zero-order valence-corrected chi connectivity index (χ0v) is 19.0. The van der Waals surface area contributed by atoms with Crippen molar-refractivity contribution in [3.05, 3.63) is 63.4 Å². The molecule has 1 aliphatic carbocycles. The van der Waals surface area contributed by atoms with Crippen molar-refractivity contribution in [1.29, 1.82) is 0 Å². The molecule has 2 N–H and O–H groups in total. The van der Waals surface area contributed by atoms with Crippen LogP contribution >= 0.6 is 23.2 Å². The molecule has 32 heavy (non-hydrogen) atoms. The van der Waals surface area contributed by atoms with Crippen LogP contribution in [0.3, 0.4) is 0 Å². The van der Waals surface area contributed by atoms with Crippen LogP contribution in [-0.4, -0.2) is 30.1 Å². The first kappa shape index (κ1) is 21.7. The number of amides is 1. The van der Waals surface area contributed by atoms with Crippen LogP contribution in [0.2, 0.25) is 10.0 Å². The van der Waals surface area contributed by atoms with E-state index in [9.17, 15) is 9.59 Å². The van der Waals surface area contributed by atoms with Crippen LogP contribution in [0.4, 0.5) is 10.1 Å². The summed E-state index contributed by atoms with van der Waals surface area (Å²) in [7, 11) is 0. The van der Waals surface area contributed by atoms with E-state index in [4.69, 9.17) is 27.9 Å². The molecule has 3 atom stereocenters. The molecule has 2 aromatic carbocycles. The Morgan fingerprint density at radius 3 is 2.69 bits per heavy atom. The van der Waals surface area contributed by atoms with Gasteiger partial charge in [0.2, 0.25) is 5.91 Å². The van der Waals surface area contributed by atoms with Crippen molar-refractivity contribution in [1.82, 2.24) is 5.32 Å². The van der Waals surface area contributed by atoms with E-state index in [1.165, 1.54) is 6.07 Å². The monoisotopic (exact) mass is 476 g/mol. The van der Waals surface area contributed by atoms with Crippen molar-refractivity contribution >= 4 is 40.8 Å². The van der Waals surface area contributed by atoms with Crippen LogP contribution in [0.25, 0.3) is 0 Å². The second-order valence-electron chi connectivity index (χ2n) is 8.74. The maximum Gasteiger partial charge on any atom is 0.323 e. The Balaban J connectivity index is 1.83. The SMILES string of the molecule is CCOC(=O)[C@@H]1NC2(CCCC2)[C@@]2(C(=O)Nc3cc(Cl)ccc32)[C@H]1c1cccc(Cl)c1F. The minimum atomic E-state index is -1.22. The Kier molecular flexibility index (Phi) is 5.23. The van der Waals surface area contributed by atoms with Crippen molar-refractivity contribution < 1.29 is 18.7 Å². The van der Waals surface area contributed by atoms with Gasteiger partial charge in [-0.1, -0.05) is 54.2 Å². The zero-order chi connectivity index (χ0) is 22.7. The average Bonchev–Trinajstić information content (AvgIpc) is 3.42. The number of carbonyl (C=O) groups excluding carboxylic acids is 2. The van der Waals surface area contributed by atoms with Crippen LogP contribution < -0.4 is 10.6 Å². The highest BCUT2D eigenvalue weighted by molar-refractivity contribution is 6.31. The van der Waals surface area contributed by atoms with Crippen LogP contribution in [0.15, 0.2) is 36.4 Å². The Labute approximate surface area is 195 Å². The standard InChI is InChI=1S/C24H23Cl2FN2O3/c1-2-32-21(30)20-18(14-6-5-7-16(26)19(14)27)24(23(29-20)10-3-4-11-23)15-9-8-13(25)12-17(15)28-22(24)31/h5-9,12,18,20,29H,2-4,10-11H2,1H3,(H,28,31)/t18-,20+,24+/m0/s1. The predicted octanol–water partition coefficient (Wildman–Crippen LogP) is 4.95. The summed E-state index contributed by atoms with van der Waals surface area (Å²) in [5, 5.41) is 6.90. The van der Waals surface area contributed by atoms with Gasteiger partial charge in [-0.25, -0.2) is 4.39 Å². The van der Waals surface area contributed by atoms with Crippen LogP contribution in [0, 0.1) is 5.82 Å². The van der Waals surface area contributed by atoms with Crippen LogP contribution in [0.1, 0.15) is 49.7 Å². The molecule has 3 aliphatic rings. The van der Waals surface area contributed by atoms with E-state index in [0.717, 1.165) is 18.4 Å². The molecule has 2 heterocycles. The molecule has 2 spiro atoms. The molecule has 0 unspecified atom stereocenters. The Bertz CT molecular complexity index is 1120. The number of fused-ring (bicyclic) bond motifs is 3. The van der Waals surface area contributed by atoms with Crippen LogP contribution in [0.5, 0.6) is 0 Å². The number of benzene rings is 2. The van der Waals surface area contributed by atoms with Gasteiger partial charge in [0.05, 0.1) is 11.6 Å². The number of rotatable bonds is 3. The van der Waals surface area contributed by atoms with Crippen molar-refractivity contribution in [2.45, 2.75) is 55.5 Å². The Morgan fingerprint density at radius 2 is 1.97 bits per heavy atom. The van der Waals surface area contributed by atoms with Gasteiger partial charge in [-0.3, -0.25) is 14.9 Å². The molecule has 0 aromatic heterocycles. The number of anilines is 1. The lowest BCUT2D eigenvalue weighted by molar-refractivity contribution is -0.145. The molecule has 1 saturated heterocycles. The molecular weight excluding hydrogens is 454 g/mol. The molecule has 5 rings (SSSR count). The molecule has 2 aliphatic heterocycles. The maximum atomic E-state index is 15.5. The summed E-state index contributed by atoms with van der Waals surface area (Å²) in [4.78, 5) is 27.1. The van der Waals surface area contributed by atoms with Gasteiger partial charge in [0.25, 0.3) is 0 Å². The van der Waals surface area contributed by atoms with E-state index in [2.05, 4.69) is 10.6 Å². The van der Waals surface area contributed by atoms with Crippen molar-refractivity contribution in [2.75, 3.05) is 11.9 Å². The highest BCUT2D eigenvalue weighted by atomic mass is 35.5. The summed E-state index contributed by atoms with van der Waals surface area (Å²) >= 11 is 12.4. The second-order valence-corrected chi connectivity index (χ2v) is 9.58. The van der Waals surface area contributed by atoms with E-state index in [0.29, 0.717) is 23.6 Å². The molecule has 1 saturated carbocycles. The second kappa shape index (κ2) is 7.72. The highest BCUT2D eigenvalue weighted by Crippen LogP contribution is 2.63. The van der Waals surface area contributed by atoms with Crippen LogP contribution in [-0.2, 0) is 19.7 Å². The number of hydrogen-bond donors (Lipinski definition) is 2. The van der Waals surface area contributed by atoms with E-state index >= 15 is 4.39 Å². The van der Waals surface area contributed by atoms with Gasteiger partial charge < -0.3 is 10.1 Å². The minimum Gasteiger partial charge on any atom is -0.465 e. The summed E-state index contributed by atoms with van der Waals surface area (Å²) in [5.41, 5.74) is -0.408. The summed E-state index contributed by atoms with van der Waals surface area (Å²) in [6, 6.07) is 9.06. The quantitative estimate of drug-likeness (QED) is 0.614. The predicted molar refractivity (Wildman–Crippen MR) is 121 cm³/mol. The van der Waals surface area contributed by atoms with Crippen molar-refractivity contribution in [3.63, 3.8) is 0 Å². The molecule has 168 valence electrons. The van der Waals surface area contributed by atoms with Gasteiger partial charge in [-0.2, -0.15) is 0 Å². The number of ether oxygens (including phenoxy) is 1. The molecule has 2 fully saturated rings. The molecule has 8 heteroatoms. The summed E-state index contributed by atoms with van der Waals surface area (Å²) in [6.07, 6.45) is 3.14. The lowest BCUT2D eigenvalue weighted by Gasteiger charge is -2.42. The third-order valence-electron chi connectivity index (χ3n) is 7.31. The third-order valence-corrected chi connectivity index (χ3v) is 7.84. The minimum absolute atomic E-state index is 0.0534. The van der Waals surface area contributed by atoms with Gasteiger partial charge in [-0.05, 0) is 49.1 Å². The van der Waals surface area contributed by atoms with Gasteiger partial charge >= 0.3 is 5.97 Å². The van der Waals surface area contributed by atoms with Crippen molar-refractivity contribution in [2.24, 2.45) is 0 Å². The average molecular weight is 477 g/mol. The lowest BCUT2D eigenvalue weighted by Crippen LogP contribution is -2.57. The van der Waals surface area contributed by atoms with E-state index in [1.54, 1.807) is 31.2 Å². The fourth-order valence-electron chi connectivity index (χ4n) is 6.25. The Hall–Kier alpha value is -2.15. The summed E-state index contributed by atoms with van der Waals surface area (Å²) in [6.45, 7) is 1.91. The number of nitrogens with one attached hydrogen (secondary N) is 2. The van der Waals surface area contributed by atoms with E-state index < -0.39 is 34.7 Å². The smallest absolute Gasteiger partial charge is 0.323 e. The first-order valence-electron chi connectivity index (χ1n) is 10.9. The first-order valence-corrected chi connectivity index (χ1v) is 11.6. The first-order chi connectivity index (χ1) is 15.4. The third kappa shape index (κ3) is 2.79. The molecule has 0 bridgehead atoms. The number of carbonyl (C=O) groups is 2. The fraction of sp³-hybridized carbons (Fsp3) is 0.417. The van der Waals surface area contributed by atoms with E-state index in [1.807, 2.05) is 6.07 Å². The zero-order valence-electron chi connectivity index (χ0n) is 17.5. The van der Waals surface area contributed by atoms with Gasteiger partial charge in [-0.15, -0.1) is 0 Å². The number of esters is 1. The van der Waals surface area contributed by atoms with Crippen molar-refractivity contribution in [3.8, 4) is 0 Å². The highest BCUT2D eigenvalue weighted by Gasteiger charge is 2.73. The fourth-order valence-corrected chi connectivity index (χ4v) is 6.61. The van der Waals surface area contributed by atoms with Gasteiger partial charge in [0.1, 0.15) is 17.3 Å². The maximum absolute atomic E-state index is 15.5. The topological polar surface area (TPSA) is 67.4 Å². The summed E-state index contributed by atoms with van der Waals surface area (Å²) < 4.78 is 20.9. The van der Waals surface area contributed by atoms with Gasteiger partial charge in [0.15, 0.2) is 0 Å². The Morgan fingerprint density at radius 1 is 1.22 bits per heavy atom. The number of hydrogen-bond acceptors (Lipinski definition) is 4. The normalized spacial score (nSPS) is 27.7. The number of halogens is 3. The molecular formula is C24H23Cl2FN2O3. The van der Waals surface area contributed by atoms with Gasteiger partial charge in [0, 0.05) is 22.2 Å². The molecule has 5 nitrogen and oxygen atoms in total. The summed E-state index contributed by atoms with van der Waals surface area (Å²) in [5.74, 6) is -2.24. The lowest BCUT2D eigenvalue weighted by atomic mass is 9.58. The molecule has 2 aromatic rings. The van der Waals surface area contributed by atoms with E-state index in [-0.39, 0.29) is 23.1 Å².